The zero-order valence-corrected chi connectivity index (χ0v) is 15.1. The number of hydrogen-bond acceptors (Lipinski definition) is 3. The van der Waals surface area contributed by atoms with E-state index in [1.165, 1.54) is 48.6 Å². The van der Waals surface area contributed by atoms with Gasteiger partial charge in [-0.05, 0) is 78.0 Å². The van der Waals surface area contributed by atoms with Gasteiger partial charge in [-0.15, -0.1) is 0 Å². The van der Waals surface area contributed by atoms with Crippen molar-refractivity contribution in [3.8, 4) is 0 Å². The number of rotatable bonds is 5. The average molecular weight is 346 g/mol. The second-order valence-electron chi connectivity index (χ2n) is 8.39. The molecule has 134 valence electrons. The number of H-pyrrole nitrogens is 1. The summed E-state index contributed by atoms with van der Waals surface area (Å²) >= 11 is 0. The first kappa shape index (κ1) is 15.9. The molecule has 2 aromatic rings. The van der Waals surface area contributed by atoms with E-state index < -0.39 is 0 Å². The fourth-order valence-corrected chi connectivity index (χ4v) is 4.89. The summed E-state index contributed by atoms with van der Waals surface area (Å²) in [6.07, 6.45) is 15.1. The van der Waals surface area contributed by atoms with Gasteiger partial charge in [0.25, 0.3) is 0 Å². The number of hydrogen-bond donors (Lipinski definition) is 3. The van der Waals surface area contributed by atoms with E-state index in [-0.39, 0.29) is 5.54 Å². The Balaban J connectivity index is 1.45. The molecule has 26 heavy (non-hydrogen) atoms. The lowest BCUT2D eigenvalue weighted by Gasteiger charge is -2.31. The van der Waals surface area contributed by atoms with Gasteiger partial charge < -0.3 is 11.5 Å². The van der Waals surface area contributed by atoms with Gasteiger partial charge in [-0.25, -0.2) is 0 Å². The number of fused-ring (bicyclic) bond motifs is 1. The predicted molar refractivity (Wildman–Crippen MR) is 106 cm³/mol. The van der Waals surface area contributed by atoms with Crippen LogP contribution in [-0.4, -0.2) is 15.7 Å². The van der Waals surface area contributed by atoms with Crippen LogP contribution >= 0.6 is 0 Å². The largest absolute Gasteiger partial charge is 0.404 e. The summed E-state index contributed by atoms with van der Waals surface area (Å²) in [7, 11) is 0. The molecular formula is C22H26N4. The summed E-state index contributed by atoms with van der Waals surface area (Å²) in [5, 5.41) is 8.52. The summed E-state index contributed by atoms with van der Waals surface area (Å²) < 4.78 is 0. The minimum atomic E-state index is -0.232. The normalized spacial score (nSPS) is 27.2. The van der Waals surface area contributed by atoms with Crippen LogP contribution in [0.5, 0.6) is 0 Å². The fourth-order valence-electron chi connectivity index (χ4n) is 4.89. The topological polar surface area (TPSA) is 80.7 Å². The molecule has 1 unspecified atom stereocenters. The molecule has 3 saturated carbocycles. The third kappa shape index (κ3) is 2.15. The summed E-state index contributed by atoms with van der Waals surface area (Å²) in [6.45, 7) is 4.34. The van der Waals surface area contributed by atoms with Crippen molar-refractivity contribution >= 4 is 16.5 Å². The van der Waals surface area contributed by atoms with E-state index in [1.54, 1.807) is 6.20 Å². The quantitative estimate of drug-likeness (QED) is 0.712. The molecule has 0 radical (unpaired) electrons. The van der Waals surface area contributed by atoms with Crippen LogP contribution in [0.4, 0.5) is 0 Å². The molecule has 0 saturated heterocycles. The van der Waals surface area contributed by atoms with Crippen LogP contribution in [-0.2, 0) is 0 Å². The van der Waals surface area contributed by atoms with Crippen LogP contribution in [0.15, 0.2) is 48.8 Å². The molecule has 1 spiro atoms. The summed E-state index contributed by atoms with van der Waals surface area (Å²) in [6, 6.07) is 4.26. The highest BCUT2D eigenvalue weighted by molar-refractivity contribution is 5.90. The average Bonchev–Trinajstić information content (AvgIpc) is 3.49. The maximum absolute atomic E-state index is 6.67. The van der Waals surface area contributed by atoms with E-state index in [0.717, 1.165) is 23.1 Å². The van der Waals surface area contributed by atoms with E-state index >= 15 is 0 Å². The van der Waals surface area contributed by atoms with Gasteiger partial charge in [0.1, 0.15) is 0 Å². The Labute approximate surface area is 154 Å². The molecule has 0 aliphatic heterocycles. The number of allylic oxidation sites excluding steroid dienone is 2. The number of aromatic nitrogens is 2. The molecule has 1 heterocycles. The van der Waals surface area contributed by atoms with Crippen molar-refractivity contribution < 1.29 is 0 Å². The van der Waals surface area contributed by atoms with Crippen LogP contribution in [0, 0.1) is 5.41 Å². The molecule has 5 N–H and O–H groups in total. The van der Waals surface area contributed by atoms with Gasteiger partial charge in [0, 0.05) is 10.9 Å². The monoisotopic (exact) mass is 346 g/mol. The lowest BCUT2D eigenvalue weighted by Crippen LogP contribution is -2.36. The van der Waals surface area contributed by atoms with Gasteiger partial charge in [-0.1, -0.05) is 31.2 Å². The van der Waals surface area contributed by atoms with E-state index in [4.69, 9.17) is 11.5 Å². The molecule has 1 atom stereocenters. The van der Waals surface area contributed by atoms with Gasteiger partial charge >= 0.3 is 0 Å². The second-order valence-corrected chi connectivity index (χ2v) is 8.39. The molecule has 5 rings (SSSR count). The van der Waals surface area contributed by atoms with Crippen LogP contribution in [0.2, 0.25) is 0 Å². The number of nitrogens with two attached hydrogens (primary N) is 2. The Morgan fingerprint density at radius 3 is 2.69 bits per heavy atom. The van der Waals surface area contributed by atoms with Crippen molar-refractivity contribution in [2.24, 2.45) is 16.9 Å². The Hall–Kier alpha value is -2.33. The number of benzene rings is 1. The summed E-state index contributed by atoms with van der Waals surface area (Å²) in [4.78, 5) is 0. The maximum atomic E-state index is 6.67. The van der Waals surface area contributed by atoms with E-state index in [1.807, 2.05) is 6.20 Å². The Morgan fingerprint density at radius 2 is 2.08 bits per heavy atom. The number of nitrogens with zero attached hydrogens (tertiary/aromatic N) is 1. The predicted octanol–water partition coefficient (Wildman–Crippen LogP) is 4.12. The maximum Gasteiger partial charge on any atom is 0.0653 e. The van der Waals surface area contributed by atoms with Crippen molar-refractivity contribution in [3.63, 3.8) is 0 Å². The van der Waals surface area contributed by atoms with Gasteiger partial charge in [0.2, 0.25) is 0 Å². The second kappa shape index (κ2) is 5.34. The fraction of sp³-hybridized carbons (Fsp3) is 0.409. The Morgan fingerprint density at radius 1 is 1.27 bits per heavy atom. The molecule has 3 aliphatic carbocycles. The first-order valence-electron chi connectivity index (χ1n) is 9.63. The third-order valence-corrected chi connectivity index (χ3v) is 6.91. The molecule has 4 heteroatoms. The van der Waals surface area contributed by atoms with Crippen LogP contribution in [0.3, 0.4) is 0 Å². The summed E-state index contributed by atoms with van der Waals surface area (Å²) in [5.74, 6) is 0.628. The minimum Gasteiger partial charge on any atom is -0.404 e. The highest BCUT2D eigenvalue weighted by atomic mass is 15.1. The van der Waals surface area contributed by atoms with Gasteiger partial charge in [-0.2, -0.15) is 5.10 Å². The van der Waals surface area contributed by atoms with E-state index in [9.17, 15) is 0 Å². The standard InChI is InChI=1S/C22H26N4/c1-14(3-6-16(11-23)22(24)13-21(22)9-2-10-21)17-7-8-19-18(12-25-26-19)20(17)15-4-5-15/h3,6-8,11-12,15H,1-2,4-5,9-10,13,23-24H2,(H,25,26)/b6-3-,16-11+. The van der Waals surface area contributed by atoms with Gasteiger partial charge in [0.05, 0.1) is 11.7 Å². The van der Waals surface area contributed by atoms with Crippen molar-refractivity contribution in [1.82, 2.24) is 10.2 Å². The van der Waals surface area contributed by atoms with Crippen LogP contribution < -0.4 is 11.5 Å². The van der Waals surface area contributed by atoms with Gasteiger partial charge in [0.15, 0.2) is 0 Å². The zero-order chi connectivity index (χ0) is 17.9. The molecular weight excluding hydrogens is 320 g/mol. The lowest BCUT2D eigenvalue weighted by atomic mass is 9.76. The molecule has 3 fully saturated rings. The Bertz CT molecular complexity index is 956. The van der Waals surface area contributed by atoms with Crippen LogP contribution in [0.1, 0.15) is 55.6 Å². The minimum absolute atomic E-state index is 0.232. The van der Waals surface area contributed by atoms with E-state index in [0.29, 0.717) is 11.3 Å². The smallest absolute Gasteiger partial charge is 0.0653 e. The highest BCUT2D eigenvalue weighted by Crippen LogP contribution is 2.69. The highest BCUT2D eigenvalue weighted by Gasteiger charge is 2.68. The first-order valence-corrected chi connectivity index (χ1v) is 9.63. The van der Waals surface area contributed by atoms with Crippen molar-refractivity contribution in [2.75, 3.05) is 0 Å². The first-order chi connectivity index (χ1) is 12.6. The molecule has 1 aromatic heterocycles. The van der Waals surface area contributed by atoms with Crippen LogP contribution in [0.25, 0.3) is 16.5 Å². The molecule has 3 aliphatic rings. The molecule has 4 nitrogen and oxygen atoms in total. The third-order valence-electron chi connectivity index (χ3n) is 6.91. The Kier molecular flexibility index (Phi) is 3.26. The number of nitrogens with one attached hydrogen (secondary N) is 1. The summed E-state index contributed by atoms with van der Waals surface area (Å²) in [5.41, 5.74) is 18.5. The molecule has 0 bridgehead atoms. The molecule has 0 amide bonds. The lowest BCUT2D eigenvalue weighted by molar-refractivity contribution is 0.255. The van der Waals surface area contributed by atoms with E-state index in [2.05, 4.69) is 41.1 Å². The van der Waals surface area contributed by atoms with Crippen molar-refractivity contribution in [2.45, 2.75) is 50.0 Å². The SMILES string of the molecule is C=C(/C=C\C(=C/N)C1(N)CC12CCC2)c1ccc2[nH]ncc2c1C1CC1. The zero-order valence-electron chi connectivity index (χ0n) is 15.1. The number of aromatic amines is 1. The van der Waals surface area contributed by atoms with Crippen molar-refractivity contribution in [1.29, 1.82) is 0 Å². The molecule has 1 aromatic carbocycles. The van der Waals surface area contributed by atoms with Crippen molar-refractivity contribution in [3.05, 3.63) is 60.0 Å². The van der Waals surface area contributed by atoms with Gasteiger partial charge in [-0.3, -0.25) is 5.10 Å².